The first-order chi connectivity index (χ1) is 11.1. The maximum absolute atomic E-state index is 14.2. The minimum absolute atomic E-state index is 0.313. The predicted molar refractivity (Wildman–Crippen MR) is 84.0 cm³/mol. The van der Waals surface area contributed by atoms with Crippen LogP contribution in [-0.2, 0) is 6.54 Å². The second-order valence-corrected chi connectivity index (χ2v) is 5.47. The lowest BCUT2D eigenvalue weighted by Gasteiger charge is -2.12. The molecule has 4 rings (SSSR count). The molecule has 1 aliphatic heterocycles. The number of imidazole rings is 1. The second kappa shape index (κ2) is 5.12. The van der Waals surface area contributed by atoms with Crippen molar-refractivity contribution in [3.8, 4) is 5.69 Å². The Balaban J connectivity index is 2.01. The summed E-state index contributed by atoms with van der Waals surface area (Å²) < 4.78 is 29.9. The van der Waals surface area contributed by atoms with Crippen molar-refractivity contribution in [2.24, 2.45) is 4.99 Å². The second-order valence-electron chi connectivity index (χ2n) is 5.47. The van der Waals surface area contributed by atoms with Gasteiger partial charge in [0.15, 0.2) is 0 Å². The fraction of sp³-hybridized carbons (Fsp3) is 0.111. The van der Waals surface area contributed by atoms with Gasteiger partial charge in [0.1, 0.15) is 17.5 Å². The van der Waals surface area contributed by atoms with Crippen LogP contribution in [0.1, 0.15) is 22.6 Å². The Morgan fingerprint density at radius 3 is 2.70 bits per heavy atom. The van der Waals surface area contributed by atoms with Gasteiger partial charge >= 0.3 is 0 Å². The lowest BCUT2D eigenvalue weighted by molar-refractivity contribution is 0.623. The molecule has 114 valence electrons. The molecule has 1 aromatic heterocycles. The van der Waals surface area contributed by atoms with Crippen LogP contribution in [0.3, 0.4) is 0 Å². The van der Waals surface area contributed by atoms with Crippen LogP contribution in [0.15, 0.2) is 53.7 Å². The Kier molecular flexibility index (Phi) is 3.08. The van der Waals surface area contributed by atoms with Gasteiger partial charge in [-0.3, -0.25) is 4.99 Å². The van der Waals surface area contributed by atoms with Crippen LogP contribution in [0, 0.1) is 18.6 Å². The molecule has 5 heteroatoms. The molecule has 0 radical (unpaired) electrons. The van der Waals surface area contributed by atoms with Crippen molar-refractivity contribution in [1.29, 1.82) is 0 Å². The Labute approximate surface area is 131 Å². The Morgan fingerprint density at radius 1 is 1.04 bits per heavy atom. The number of aryl methyl sites for hydroxylation is 1. The normalized spacial score (nSPS) is 13.1. The van der Waals surface area contributed by atoms with E-state index in [1.807, 2.05) is 17.7 Å². The van der Waals surface area contributed by atoms with E-state index in [9.17, 15) is 8.78 Å². The average Bonchev–Trinajstić information content (AvgIpc) is 2.83. The minimum Gasteiger partial charge on any atom is -0.301 e. The first-order valence-corrected chi connectivity index (χ1v) is 7.28. The van der Waals surface area contributed by atoms with Gasteiger partial charge in [-0.05, 0) is 37.3 Å². The van der Waals surface area contributed by atoms with Gasteiger partial charge in [-0.1, -0.05) is 12.1 Å². The minimum atomic E-state index is -0.381. The van der Waals surface area contributed by atoms with Crippen LogP contribution in [-0.4, -0.2) is 15.3 Å². The van der Waals surface area contributed by atoms with Gasteiger partial charge in [0, 0.05) is 17.3 Å². The molecule has 3 nitrogen and oxygen atoms in total. The highest BCUT2D eigenvalue weighted by atomic mass is 19.1. The van der Waals surface area contributed by atoms with Gasteiger partial charge in [0.25, 0.3) is 0 Å². The van der Waals surface area contributed by atoms with Crippen molar-refractivity contribution < 1.29 is 8.78 Å². The summed E-state index contributed by atoms with van der Waals surface area (Å²) in [6.07, 6.45) is 1.88. The quantitative estimate of drug-likeness (QED) is 0.672. The lowest BCUT2D eigenvalue weighted by atomic mass is 10.00. The van der Waals surface area contributed by atoms with E-state index in [4.69, 9.17) is 0 Å². The topological polar surface area (TPSA) is 30.2 Å². The fourth-order valence-electron chi connectivity index (χ4n) is 2.89. The number of hydrogen-bond donors (Lipinski definition) is 0. The summed E-state index contributed by atoms with van der Waals surface area (Å²) in [6, 6.07) is 10.9. The molecule has 0 N–H and O–H groups in total. The van der Waals surface area contributed by atoms with Crippen LogP contribution in [0.5, 0.6) is 0 Å². The van der Waals surface area contributed by atoms with Gasteiger partial charge in [0.2, 0.25) is 0 Å². The van der Waals surface area contributed by atoms with Crippen LogP contribution in [0.4, 0.5) is 8.78 Å². The predicted octanol–water partition coefficient (Wildman–Crippen LogP) is 3.81. The number of hydrogen-bond acceptors (Lipinski definition) is 2. The maximum Gasteiger partial charge on any atom is 0.135 e. The summed E-state index contributed by atoms with van der Waals surface area (Å²) in [7, 11) is 0. The molecule has 0 saturated heterocycles. The number of aliphatic imine (C=N–C) groups is 1. The molecule has 0 aliphatic carbocycles. The standard InChI is InChI=1S/C18H13F2N3/c1-11-10-23-16-7-6-12(19)8-14(16)18(21-9-17(23)22-11)13-4-2-3-5-15(13)20/h2-8,10H,9H2,1H3. The summed E-state index contributed by atoms with van der Waals surface area (Å²) >= 11 is 0. The van der Waals surface area contributed by atoms with Crippen molar-refractivity contribution in [2.45, 2.75) is 13.5 Å². The molecule has 0 saturated carbocycles. The molecule has 2 heterocycles. The molecular weight excluding hydrogens is 296 g/mol. The SMILES string of the molecule is Cc1cn2c(n1)CN=C(c1ccccc1F)c1cc(F)ccc1-2. The largest absolute Gasteiger partial charge is 0.301 e. The molecule has 0 unspecified atom stereocenters. The van der Waals surface area contributed by atoms with Gasteiger partial charge < -0.3 is 4.57 Å². The third-order valence-electron chi connectivity index (χ3n) is 3.88. The lowest BCUT2D eigenvalue weighted by Crippen LogP contribution is -2.09. The molecule has 0 amide bonds. The number of aromatic nitrogens is 2. The Morgan fingerprint density at radius 2 is 1.87 bits per heavy atom. The Bertz CT molecular complexity index is 941. The molecule has 23 heavy (non-hydrogen) atoms. The van der Waals surface area contributed by atoms with Crippen LogP contribution in [0.2, 0.25) is 0 Å². The zero-order chi connectivity index (χ0) is 16.0. The third-order valence-corrected chi connectivity index (χ3v) is 3.88. The van der Waals surface area contributed by atoms with E-state index in [0.29, 0.717) is 23.4 Å². The van der Waals surface area contributed by atoms with Crippen molar-refractivity contribution in [1.82, 2.24) is 9.55 Å². The summed E-state index contributed by atoms with van der Waals surface area (Å²) in [5.41, 5.74) is 2.98. The van der Waals surface area contributed by atoms with E-state index in [-0.39, 0.29) is 11.6 Å². The highest BCUT2D eigenvalue weighted by molar-refractivity contribution is 6.15. The summed E-state index contributed by atoms with van der Waals surface area (Å²) in [4.78, 5) is 8.97. The molecule has 0 spiro atoms. The van der Waals surface area contributed by atoms with Crippen LogP contribution in [0.25, 0.3) is 5.69 Å². The van der Waals surface area contributed by atoms with Crippen molar-refractivity contribution >= 4 is 5.71 Å². The molecule has 3 aromatic rings. The van der Waals surface area contributed by atoms with E-state index < -0.39 is 0 Å². The average molecular weight is 309 g/mol. The van der Waals surface area contributed by atoms with Gasteiger partial charge in [-0.15, -0.1) is 0 Å². The maximum atomic E-state index is 14.2. The molecule has 0 atom stereocenters. The molecule has 1 aliphatic rings. The van der Waals surface area contributed by atoms with E-state index >= 15 is 0 Å². The van der Waals surface area contributed by atoms with Gasteiger partial charge in [-0.25, -0.2) is 13.8 Å². The van der Waals surface area contributed by atoms with E-state index in [1.165, 1.54) is 18.2 Å². The monoisotopic (exact) mass is 309 g/mol. The number of halogens is 2. The molecular formula is C18H13F2N3. The number of fused-ring (bicyclic) bond motifs is 3. The fourth-order valence-corrected chi connectivity index (χ4v) is 2.89. The van der Waals surface area contributed by atoms with E-state index in [2.05, 4.69) is 9.98 Å². The van der Waals surface area contributed by atoms with Crippen LogP contribution >= 0.6 is 0 Å². The molecule has 0 fully saturated rings. The summed E-state index contributed by atoms with van der Waals surface area (Å²) in [6.45, 7) is 2.21. The van der Waals surface area contributed by atoms with Crippen LogP contribution < -0.4 is 0 Å². The highest BCUT2D eigenvalue weighted by Crippen LogP contribution is 2.27. The van der Waals surface area contributed by atoms with Crippen molar-refractivity contribution in [3.63, 3.8) is 0 Å². The zero-order valence-corrected chi connectivity index (χ0v) is 12.4. The summed E-state index contributed by atoms with van der Waals surface area (Å²) in [5, 5.41) is 0. The number of benzene rings is 2. The zero-order valence-electron chi connectivity index (χ0n) is 12.4. The van der Waals surface area contributed by atoms with E-state index in [0.717, 1.165) is 17.2 Å². The van der Waals surface area contributed by atoms with Crippen molar-refractivity contribution in [3.05, 3.63) is 82.9 Å². The smallest absolute Gasteiger partial charge is 0.135 e. The first-order valence-electron chi connectivity index (χ1n) is 7.28. The number of nitrogens with zero attached hydrogens (tertiary/aromatic N) is 3. The van der Waals surface area contributed by atoms with Gasteiger partial charge in [0.05, 0.1) is 23.6 Å². The van der Waals surface area contributed by atoms with Crippen molar-refractivity contribution in [2.75, 3.05) is 0 Å². The molecule has 2 aromatic carbocycles. The third kappa shape index (κ3) is 2.25. The van der Waals surface area contributed by atoms with Gasteiger partial charge in [-0.2, -0.15) is 0 Å². The Hall–Kier alpha value is -2.82. The number of rotatable bonds is 1. The first kappa shape index (κ1) is 13.8. The molecule has 0 bridgehead atoms. The summed E-state index contributed by atoms with van der Waals surface area (Å²) in [5.74, 6) is -0.00745. The van der Waals surface area contributed by atoms with E-state index in [1.54, 1.807) is 24.3 Å². The highest BCUT2D eigenvalue weighted by Gasteiger charge is 2.22.